The summed E-state index contributed by atoms with van der Waals surface area (Å²) in [6, 6.07) is -2.14. The van der Waals surface area contributed by atoms with Crippen molar-refractivity contribution in [2.45, 2.75) is 122 Å². The number of primary amides is 3. The Morgan fingerprint density at radius 2 is 1.40 bits per heavy atom. The molecule has 1 aromatic rings. The van der Waals surface area contributed by atoms with Crippen molar-refractivity contribution in [3.63, 3.8) is 0 Å². The van der Waals surface area contributed by atoms with Crippen LogP contribution in [0.5, 0.6) is 5.75 Å². The zero-order valence-electron chi connectivity index (χ0n) is 39.2. The molecule has 15 N–H and O–H groups in total. The highest BCUT2D eigenvalue weighted by Crippen LogP contribution is 2.18. The Labute approximate surface area is 393 Å². The van der Waals surface area contributed by atoms with Crippen LogP contribution in [0, 0.1) is 11.8 Å². The average molecular weight is 959 g/mol. The first-order valence-electron chi connectivity index (χ1n) is 22.0. The summed E-state index contributed by atoms with van der Waals surface area (Å²) in [6.45, 7) is 6.38. The van der Waals surface area contributed by atoms with E-state index in [1.807, 2.05) is 0 Å². The number of benzene rings is 1. The molecular weight excluding hydrogens is 893 g/mol. The largest absolute Gasteiger partial charge is 0.508 e. The minimum absolute atomic E-state index is 0.0727. The van der Waals surface area contributed by atoms with Crippen LogP contribution in [0.4, 0.5) is 0 Å². The van der Waals surface area contributed by atoms with Crippen molar-refractivity contribution in [2.24, 2.45) is 29.0 Å². The zero-order valence-corrected chi connectivity index (χ0v) is 39.2. The Morgan fingerprint density at radius 3 is 1.97 bits per heavy atom. The second-order valence-electron chi connectivity index (χ2n) is 17.4. The second kappa shape index (κ2) is 26.7. The third-order valence-electron chi connectivity index (χ3n) is 10.8. The summed E-state index contributed by atoms with van der Waals surface area (Å²) in [7, 11) is 1.18. The predicted octanol–water partition coefficient (Wildman–Crippen LogP) is -4.56. The zero-order chi connectivity index (χ0) is 51.5. The molecule has 0 saturated carbocycles. The Morgan fingerprint density at radius 1 is 0.794 bits per heavy atom. The van der Waals surface area contributed by atoms with Crippen LogP contribution in [0.15, 0.2) is 24.3 Å². The van der Waals surface area contributed by atoms with Gasteiger partial charge < -0.3 is 69.7 Å². The molecule has 68 heavy (non-hydrogen) atoms. The van der Waals surface area contributed by atoms with Crippen molar-refractivity contribution in [2.75, 3.05) is 26.7 Å². The van der Waals surface area contributed by atoms with E-state index in [1.54, 1.807) is 27.7 Å². The van der Waals surface area contributed by atoms with Crippen LogP contribution in [0.3, 0.4) is 0 Å². The third-order valence-corrected chi connectivity index (χ3v) is 10.8. The molecule has 7 atom stereocenters. The van der Waals surface area contributed by atoms with E-state index in [2.05, 4.69) is 42.5 Å². The fraction of sp³-hybridized carbons (Fsp3) is 0.581. The average Bonchev–Trinajstić information content (AvgIpc) is 3.25. The fourth-order valence-corrected chi connectivity index (χ4v) is 7.14. The number of rotatable bonds is 18. The molecule has 1 fully saturated rings. The maximum absolute atomic E-state index is 14.0. The lowest BCUT2D eigenvalue weighted by molar-refractivity contribution is -0.141. The smallest absolute Gasteiger partial charge is 0.245 e. The molecule has 12 amide bonds. The van der Waals surface area contributed by atoms with Gasteiger partial charge in [0.15, 0.2) is 0 Å². The van der Waals surface area contributed by atoms with Crippen molar-refractivity contribution in [1.82, 2.24) is 47.4 Å². The molecule has 376 valence electrons. The first-order valence-corrected chi connectivity index (χ1v) is 22.0. The maximum atomic E-state index is 14.0. The summed E-state index contributed by atoms with van der Waals surface area (Å²) in [6.07, 6.45) is -2.53. The minimum Gasteiger partial charge on any atom is -0.508 e. The van der Waals surface area contributed by atoms with Crippen molar-refractivity contribution in [1.29, 1.82) is 0 Å². The number of aromatic hydroxyl groups is 1. The van der Waals surface area contributed by atoms with Gasteiger partial charge in [0, 0.05) is 26.3 Å². The number of nitrogens with zero attached hydrogens (tertiary/aromatic N) is 1. The van der Waals surface area contributed by atoms with E-state index >= 15 is 0 Å². The van der Waals surface area contributed by atoms with Gasteiger partial charge in [0.2, 0.25) is 70.9 Å². The molecule has 1 aromatic carbocycles. The molecule has 0 bridgehead atoms. The molecule has 1 heterocycles. The van der Waals surface area contributed by atoms with Gasteiger partial charge in [0.25, 0.3) is 0 Å². The van der Waals surface area contributed by atoms with Crippen LogP contribution in [0.1, 0.15) is 85.1 Å². The molecule has 2 rings (SSSR count). The SMILES string of the molecule is CC[C@H](C)[C@@H]1NC(=O)[C@H](Cc2ccc(O)cc2)NC(=O)CNC(=O)CC[C@@H](C(=O)N(C)CC(=O)NC(C)(CC(C)C)C(=O)NCC(N)=O)NC(=O)[C@H](CC(N)=O)NC(=O)[C@H](CCC(N)=O)NC1=O. The Kier molecular flexibility index (Phi) is 22.3. The molecule has 0 aromatic heterocycles. The molecule has 1 aliphatic rings. The van der Waals surface area contributed by atoms with Gasteiger partial charge in [-0.1, -0.05) is 46.2 Å². The Balaban J connectivity index is 2.61. The van der Waals surface area contributed by atoms with E-state index in [1.165, 1.54) is 38.2 Å². The fourth-order valence-electron chi connectivity index (χ4n) is 7.14. The van der Waals surface area contributed by atoms with Gasteiger partial charge in [0.1, 0.15) is 41.5 Å². The van der Waals surface area contributed by atoms with E-state index in [4.69, 9.17) is 17.2 Å². The number of hydrogen-bond acceptors (Lipinski definition) is 13. The normalized spacial score (nSPS) is 21.4. The molecule has 0 radical (unpaired) electrons. The van der Waals surface area contributed by atoms with E-state index in [0.717, 1.165) is 4.90 Å². The third kappa shape index (κ3) is 19.2. The van der Waals surface area contributed by atoms with Crippen molar-refractivity contribution in [3.8, 4) is 5.75 Å². The number of nitrogens with one attached hydrogen (secondary N) is 8. The van der Waals surface area contributed by atoms with Gasteiger partial charge in [-0.15, -0.1) is 0 Å². The first-order chi connectivity index (χ1) is 31.7. The van der Waals surface area contributed by atoms with Crippen LogP contribution in [-0.4, -0.2) is 143 Å². The molecule has 1 aliphatic heterocycles. The second-order valence-corrected chi connectivity index (χ2v) is 17.4. The van der Waals surface area contributed by atoms with Crippen LogP contribution in [0.25, 0.3) is 0 Å². The summed E-state index contributed by atoms with van der Waals surface area (Å²) in [4.78, 5) is 159. The molecule has 0 spiro atoms. The maximum Gasteiger partial charge on any atom is 0.245 e. The lowest BCUT2D eigenvalue weighted by atomic mass is 9.89. The van der Waals surface area contributed by atoms with Gasteiger partial charge in [-0.2, -0.15) is 0 Å². The number of phenolic OH excluding ortho intramolecular Hbond substituents is 1. The highest BCUT2D eigenvalue weighted by atomic mass is 16.3. The molecule has 25 nitrogen and oxygen atoms in total. The Hall–Kier alpha value is -7.34. The van der Waals surface area contributed by atoms with E-state index in [-0.39, 0.29) is 24.5 Å². The highest BCUT2D eigenvalue weighted by Gasteiger charge is 2.38. The number of carbonyl (C=O) groups excluding carboxylic acids is 12. The monoisotopic (exact) mass is 958 g/mol. The van der Waals surface area contributed by atoms with Gasteiger partial charge in [-0.05, 0) is 55.7 Å². The molecule has 0 aliphatic carbocycles. The van der Waals surface area contributed by atoms with Crippen LogP contribution in [0.2, 0.25) is 0 Å². The lowest BCUT2D eigenvalue weighted by Gasteiger charge is -2.32. The van der Waals surface area contributed by atoms with Crippen molar-refractivity contribution in [3.05, 3.63) is 29.8 Å². The number of amides is 12. The summed E-state index contributed by atoms with van der Waals surface area (Å²) in [5.41, 5.74) is 14.9. The molecular formula is C43H66N12O13. The number of nitrogens with two attached hydrogens (primary N) is 3. The van der Waals surface area contributed by atoms with Crippen molar-refractivity contribution >= 4 is 70.9 Å². The first kappa shape index (κ1) is 56.8. The van der Waals surface area contributed by atoms with Gasteiger partial charge in [-0.25, -0.2) is 0 Å². The summed E-state index contributed by atoms with van der Waals surface area (Å²) in [5.74, 6) is -11.9. The predicted molar refractivity (Wildman–Crippen MR) is 241 cm³/mol. The van der Waals surface area contributed by atoms with Crippen LogP contribution < -0.4 is 59.7 Å². The molecule has 1 unspecified atom stereocenters. The van der Waals surface area contributed by atoms with E-state index in [9.17, 15) is 62.6 Å². The Bertz CT molecular complexity index is 2050. The quantitative estimate of drug-likeness (QED) is 0.0661. The molecule has 1 saturated heterocycles. The summed E-state index contributed by atoms with van der Waals surface area (Å²) >= 11 is 0. The summed E-state index contributed by atoms with van der Waals surface area (Å²) in [5, 5.41) is 29.4. The standard InChI is InChI=1S/C43H66N12O13/c1-7-23(4)36-40(66)50-26(12-14-30(44)57)37(63)52-29(17-31(45)58)38(64)51-27(41(67)55(6)21-35(62)54-43(5,18-22(2)3)42(68)48-19-32(46)59)13-15-33(60)47-20-34(61)49-28(39(65)53-36)16-24-8-10-25(56)11-9-24/h8-11,22-23,26-29,36,56H,7,12-21H2,1-6H3,(H2,44,57)(H2,45,58)(H2,46,59)(H,47,60)(H,48,68)(H,49,61)(H,50,66)(H,51,64)(H,52,63)(H,53,65)(H,54,62)/t23-,26-,27-,28-,29-,36-,43?/m0/s1. The topological polar surface area (TPSA) is 403 Å². The molecule has 25 heteroatoms. The van der Waals surface area contributed by atoms with Gasteiger partial charge in [0.05, 0.1) is 26.1 Å². The van der Waals surface area contributed by atoms with E-state index in [0.29, 0.717) is 12.0 Å². The number of likely N-dealkylation sites (N-methyl/N-ethyl adjacent to an activating group) is 1. The van der Waals surface area contributed by atoms with E-state index < -0.39 is 164 Å². The van der Waals surface area contributed by atoms with Gasteiger partial charge in [-0.3, -0.25) is 57.5 Å². The van der Waals surface area contributed by atoms with Crippen molar-refractivity contribution < 1.29 is 62.6 Å². The lowest BCUT2D eigenvalue weighted by Crippen LogP contribution is -2.61. The highest BCUT2D eigenvalue weighted by molar-refractivity contribution is 5.99. The number of phenols is 1. The summed E-state index contributed by atoms with van der Waals surface area (Å²) < 4.78 is 0. The van der Waals surface area contributed by atoms with Crippen LogP contribution in [-0.2, 0) is 64.0 Å². The number of hydrogen-bond donors (Lipinski definition) is 12. The number of carbonyl (C=O) groups is 12. The van der Waals surface area contributed by atoms with Crippen LogP contribution >= 0.6 is 0 Å². The minimum atomic E-state index is -1.83. The van der Waals surface area contributed by atoms with Gasteiger partial charge >= 0.3 is 0 Å².